The molecule has 0 fully saturated rings. The first kappa shape index (κ1) is 19.8. The molecule has 0 spiro atoms. The van der Waals surface area contributed by atoms with E-state index in [2.05, 4.69) is 65.8 Å². The Hall–Kier alpha value is -1.56. The third kappa shape index (κ3) is 5.21. The summed E-state index contributed by atoms with van der Waals surface area (Å²) in [6.07, 6.45) is 9.45. The molecule has 0 aliphatic carbocycles. The first-order valence-corrected chi connectivity index (χ1v) is 10.1. The van der Waals surface area contributed by atoms with Crippen LogP contribution in [0.5, 0.6) is 0 Å². The number of benzene rings is 2. The predicted molar refractivity (Wildman–Crippen MR) is 113 cm³/mol. The maximum absolute atomic E-state index is 2.39. The summed E-state index contributed by atoms with van der Waals surface area (Å²) in [6.45, 7) is 13.5. The molecule has 0 aliphatic rings. The van der Waals surface area contributed by atoms with E-state index in [0.29, 0.717) is 0 Å². The fourth-order valence-corrected chi connectivity index (χ4v) is 3.84. The maximum atomic E-state index is 2.39. The van der Waals surface area contributed by atoms with Gasteiger partial charge < -0.3 is 0 Å². The van der Waals surface area contributed by atoms with E-state index in [-0.39, 0.29) is 0 Å². The van der Waals surface area contributed by atoms with Crippen LogP contribution in [0.25, 0.3) is 11.1 Å². The molecule has 136 valence electrons. The van der Waals surface area contributed by atoms with Gasteiger partial charge in [0, 0.05) is 0 Å². The summed E-state index contributed by atoms with van der Waals surface area (Å²) >= 11 is 0. The van der Waals surface area contributed by atoms with Crippen LogP contribution in [0, 0.1) is 34.6 Å². The van der Waals surface area contributed by atoms with Crippen molar-refractivity contribution in [3.63, 3.8) is 0 Å². The van der Waals surface area contributed by atoms with Gasteiger partial charge in [0.05, 0.1) is 0 Å². The lowest BCUT2D eigenvalue weighted by Crippen LogP contribution is -1.97. The van der Waals surface area contributed by atoms with E-state index >= 15 is 0 Å². The molecule has 0 aromatic heterocycles. The molecule has 0 amide bonds. The highest BCUT2D eigenvalue weighted by atomic mass is 14.1. The second-order valence-corrected chi connectivity index (χ2v) is 7.84. The molecule has 2 aromatic carbocycles. The van der Waals surface area contributed by atoms with Crippen molar-refractivity contribution < 1.29 is 0 Å². The summed E-state index contributed by atoms with van der Waals surface area (Å²) < 4.78 is 0. The third-order valence-electron chi connectivity index (χ3n) is 5.74. The van der Waals surface area contributed by atoms with Crippen LogP contribution in [0.2, 0.25) is 0 Å². The Balaban J connectivity index is 2.12. The van der Waals surface area contributed by atoms with Gasteiger partial charge in [0.25, 0.3) is 0 Å². The summed E-state index contributed by atoms with van der Waals surface area (Å²) in [5.41, 5.74) is 11.4. The molecule has 2 aromatic rings. The van der Waals surface area contributed by atoms with E-state index < -0.39 is 0 Å². The lowest BCUT2D eigenvalue weighted by Gasteiger charge is -2.15. The zero-order chi connectivity index (χ0) is 18.4. The average molecular weight is 337 g/mol. The predicted octanol–water partition coefficient (Wildman–Crippen LogP) is 7.80. The van der Waals surface area contributed by atoms with Gasteiger partial charge >= 0.3 is 0 Å². The number of aryl methyl sites for hydroxylation is 4. The molecule has 0 saturated heterocycles. The molecule has 25 heavy (non-hydrogen) atoms. The normalized spacial score (nSPS) is 11.1. The van der Waals surface area contributed by atoms with E-state index in [4.69, 9.17) is 0 Å². The van der Waals surface area contributed by atoms with Gasteiger partial charge in [-0.1, -0.05) is 63.3 Å². The van der Waals surface area contributed by atoms with Gasteiger partial charge in [-0.05, 0) is 92.0 Å². The summed E-state index contributed by atoms with van der Waals surface area (Å²) in [7, 11) is 0. The Morgan fingerprint density at radius 2 is 1.00 bits per heavy atom. The zero-order valence-electron chi connectivity index (χ0n) is 17.3. The molecule has 0 N–H and O–H groups in total. The number of rotatable bonds is 8. The van der Waals surface area contributed by atoms with Crippen molar-refractivity contribution in [3.8, 4) is 11.1 Å². The zero-order valence-corrected chi connectivity index (χ0v) is 17.3. The first-order chi connectivity index (χ1) is 11.9. The van der Waals surface area contributed by atoms with Crippen LogP contribution in [0.1, 0.15) is 78.8 Å². The van der Waals surface area contributed by atoms with Crippen molar-refractivity contribution >= 4 is 0 Å². The Morgan fingerprint density at radius 3 is 1.52 bits per heavy atom. The summed E-state index contributed by atoms with van der Waals surface area (Å²) in [4.78, 5) is 0. The molecule has 0 heteroatoms. The first-order valence-electron chi connectivity index (χ1n) is 10.1. The molecule has 0 atom stereocenters. The molecule has 0 bridgehead atoms. The summed E-state index contributed by atoms with van der Waals surface area (Å²) in [5.74, 6) is 0. The number of hydrogen-bond acceptors (Lipinski definition) is 0. The van der Waals surface area contributed by atoms with Crippen LogP contribution in [-0.4, -0.2) is 0 Å². The standard InChI is InChI=1S/C25H36/c1-7-8-9-10-11-12-13-25-20(4)16-24(17-21(25)5)23-14-18(2)22(6)19(3)15-23/h14-17H,7-13H2,1-6H3. The van der Waals surface area contributed by atoms with Crippen molar-refractivity contribution in [1.29, 1.82) is 0 Å². The second kappa shape index (κ2) is 9.22. The topological polar surface area (TPSA) is 0 Å². The quantitative estimate of drug-likeness (QED) is 0.431. The molecule has 2 rings (SSSR count). The highest BCUT2D eigenvalue weighted by molar-refractivity contribution is 5.68. The number of unbranched alkanes of at least 4 members (excludes halogenated alkanes) is 5. The van der Waals surface area contributed by atoms with Gasteiger partial charge in [-0.15, -0.1) is 0 Å². The summed E-state index contributed by atoms with van der Waals surface area (Å²) in [5, 5.41) is 0. The van der Waals surface area contributed by atoms with E-state index in [0.717, 1.165) is 0 Å². The lowest BCUT2D eigenvalue weighted by molar-refractivity contribution is 0.606. The van der Waals surface area contributed by atoms with Gasteiger partial charge in [-0.25, -0.2) is 0 Å². The smallest absolute Gasteiger partial charge is 0.0178 e. The van der Waals surface area contributed by atoms with Crippen molar-refractivity contribution in [2.75, 3.05) is 0 Å². The molecular formula is C25H36. The van der Waals surface area contributed by atoms with E-state index in [9.17, 15) is 0 Å². The van der Waals surface area contributed by atoms with Crippen LogP contribution >= 0.6 is 0 Å². The average Bonchev–Trinajstić information content (AvgIpc) is 2.57. The molecule has 0 nitrogen and oxygen atoms in total. The maximum Gasteiger partial charge on any atom is -0.0178 e. The minimum absolute atomic E-state index is 1.23. The molecule has 0 heterocycles. The van der Waals surface area contributed by atoms with Crippen LogP contribution in [0.4, 0.5) is 0 Å². The highest BCUT2D eigenvalue weighted by Gasteiger charge is 2.09. The van der Waals surface area contributed by atoms with E-state index in [1.54, 1.807) is 5.56 Å². The Morgan fingerprint density at radius 1 is 0.560 bits per heavy atom. The second-order valence-electron chi connectivity index (χ2n) is 7.84. The molecule has 0 unspecified atom stereocenters. The fraction of sp³-hybridized carbons (Fsp3) is 0.520. The largest absolute Gasteiger partial charge is 0.0654 e. The van der Waals surface area contributed by atoms with Crippen LogP contribution in [0.3, 0.4) is 0 Å². The molecule has 0 radical (unpaired) electrons. The van der Waals surface area contributed by atoms with Gasteiger partial charge in [-0.3, -0.25) is 0 Å². The minimum Gasteiger partial charge on any atom is -0.0654 e. The lowest BCUT2D eigenvalue weighted by atomic mass is 9.90. The van der Waals surface area contributed by atoms with Crippen LogP contribution in [0.15, 0.2) is 24.3 Å². The monoisotopic (exact) mass is 336 g/mol. The van der Waals surface area contributed by atoms with Crippen molar-refractivity contribution in [2.24, 2.45) is 0 Å². The Labute approximate surface area is 155 Å². The Kier molecular flexibility index (Phi) is 7.29. The van der Waals surface area contributed by atoms with E-state index in [1.165, 1.54) is 83.9 Å². The van der Waals surface area contributed by atoms with Gasteiger partial charge in [0.15, 0.2) is 0 Å². The molecule has 0 aliphatic heterocycles. The summed E-state index contributed by atoms with van der Waals surface area (Å²) in [6, 6.07) is 9.46. The van der Waals surface area contributed by atoms with Crippen LogP contribution in [-0.2, 0) is 6.42 Å². The van der Waals surface area contributed by atoms with Crippen molar-refractivity contribution in [2.45, 2.75) is 86.5 Å². The Bertz CT molecular complexity index is 660. The van der Waals surface area contributed by atoms with Crippen molar-refractivity contribution in [1.82, 2.24) is 0 Å². The van der Waals surface area contributed by atoms with E-state index in [1.807, 2.05) is 0 Å². The van der Waals surface area contributed by atoms with Gasteiger partial charge in [0.2, 0.25) is 0 Å². The third-order valence-corrected chi connectivity index (χ3v) is 5.74. The van der Waals surface area contributed by atoms with Gasteiger partial charge in [0.1, 0.15) is 0 Å². The highest BCUT2D eigenvalue weighted by Crippen LogP contribution is 2.29. The number of hydrogen-bond donors (Lipinski definition) is 0. The van der Waals surface area contributed by atoms with Crippen LogP contribution < -0.4 is 0 Å². The molecule has 0 saturated carbocycles. The van der Waals surface area contributed by atoms with Gasteiger partial charge in [-0.2, -0.15) is 0 Å². The minimum atomic E-state index is 1.23. The SMILES string of the molecule is CCCCCCCCc1c(C)cc(-c2cc(C)c(C)c(C)c2)cc1C. The molecular weight excluding hydrogens is 300 g/mol. The van der Waals surface area contributed by atoms with Crippen molar-refractivity contribution in [3.05, 3.63) is 57.6 Å². The fourth-order valence-electron chi connectivity index (χ4n) is 3.84.